The summed E-state index contributed by atoms with van der Waals surface area (Å²) < 4.78 is 128. The minimum Gasteiger partial charge on any atom is -0.262 e. The van der Waals surface area contributed by atoms with Crippen LogP contribution in [-0.2, 0) is 29.6 Å². The highest BCUT2D eigenvalue weighted by Gasteiger charge is 2.58. The SMILES string of the molecule is Cc1ccc(N(C(=O)C(=O)N(c2ccc(C)cc2C)S(=O)(=O)C(F)(F)F)S(=O)(=O)C(F)(F)F)c(C)c1. The zero-order chi connectivity index (χ0) is 28.0. The van der Waals surface area contributed by atoms with Crippen molar-refractivity contribution in [3.63, 3.8) is 0 Å². The van der Waals surface area contributed by atoms with Crippen LogP contribution in [0.2, 0.25) is 0 Å². The van der Waals surface area contributed by atoms with Crippen molar-refractivity contribution in [1.82, 2.24) is 0 Å². The summed E-state index contributed by atoms with van der Waals surface area (Å²) in [5, 5.41) is 0. The quantitative estimate of drug-likeness (QED) is 0.414. The lowest BCUT2D eigenvalue weighted by Gasteiger charge is -2.29. The van der Waals surface area contributed by atoms with Crippen LogP contribution in [0.1, 0.15) is 22.3 Å². The van der Waals surface area contributed by atoms with E-state index in [9.17, 15) is 52.8 Å². The molecule has 2 aromatic carbocycles. The van der Waals surface area contributed by atoms with Gasteiger partial charge in [0.15, 0.2) is 0 Å². The number of amides is 2. The van der Waals surface area contributed by atoms with E-state index in [2.05, 4.69) is 0 Å². The van der Waals surface area contributed by atoms with Gasteiger partial charge in [-0.3, -0.25) is 9.59 Å². The molecule has 2 rings (SSSR count). The molecule has 36 heavy (non-hydrogen) atoms. The molecule has 0 aliphatic carbocycles. The first-order valence-electron chi connectivity index (χ1n) is 9.60. The fraction of sp³-hybridized carbons (Fsp3) is 0.300. The van der Waals surface area contributed by atoms with E-state index in [1.807, 2.05) is 0 Å². The maximum absolute atomic E-state index is 13.5. The molecule has 0 saturated heterocycles. The van der Waals surface area contributed by atoms with Crippen LogP contribution in [-0.4, -0.2) is 39.7 Å². The predicted octanol–water partition coefficient (Wildman–Crippen LogP) is 3.99. The average molecular weight is 560 g/mol. The fourth-order valence-electron chi connectivity index (χ4n) is 3.14. The first-order valence-corrected chi connectivity index (χ1v) is 12.5. The number of aryl methyl sites for hydroxylation is 4. The predicted molar refractivity (Wildman–Crippen MR) is 117 cm³/mol. The summed E-state index contributed by atoms with van der Waals surface area (Å²) in [6.45, 7) is 5.08. The van der Waals surface area contributed by atoms with E-state index in [1.165, 1.54) is 13.8 Å². The van der Waals surface area contributed by atoms with Gasteiger partial charge < -0.3 is 0 Å². The first-order chi connectivity index (χ1) is 16.1. The number of alkyl halides is 6. The number of nitrogens with zero attached hydrogens (tertiary/aromatic N) is 2. The lowest BCUT2D eigenvalue weighted by atomic mass is 10.1. The molecular weight excluding hydrogens is 542 g/mol. The first kappa shape index (κ1) is 29.1. The van der Waals surface area contributed by atoms with Crippen LogP contribution >= 0.6 is 0 Å². The van der Waals surface area contributed by atoms with Gasteiger partial charge in [-0.1, -0.05) is 35.4 Å². The summed E-state index contributed by atoms with van der Waals surface area (Å²) in [7, 11) is -13.4. The van der Waals surface area contributed by atoms with Gasteiger partial charge in [0.1, 0.15) is 0 Å². The van der Waals surface area contributed by atoms with Gasteiger partial charge in [-0.2, -0.15) is 51.8 Å². The number of hydrogen-bond donors (Lipinski definition) is 0. The van der Waals surface area contributed by atoms with E-state index in [0.717, 1.165) is 50.2 Å². The van der Waals surface area contributed by atoms with E-state index in [1.54, 1.807) is 0 Å². The van der Waals surface area contributed by atoms with Crippen LogP contribution in [0.3, 0.4) is 0 Å². The standard InChI is InChI=1S/C20H18F6N2O6S2/c1-11-5-7-15(13(3)9-11)27(35(31,32)19(21,22)23)17(29)18(30)28(36(33,34)20(24,25)26)16-8-6-12(2)10-14(16)4/h5-10H,1-4H3. The molecule has 2 amide bonds. The fourth-order valence-corrected chi connectivity index (χ4v) is 5.08. The van der Waals surface area contributed by atoms with Gasteiger partial charge in [-0.25, -0.2) is 0 Å². The zero-order valence-corrected chi connectivity index (χ0v) is 20.5. The number of anilines is 2. The largest absolute Gasteiger partial charge is 0.517 e. The molecule has 2 aromatic rings. The molecule has 0 spiro atoms. The molecule has 0 heterocycles. The third-order valence-corrected chi connectivity index (χ3v) is 7.62. The molecule has 0 atom stereocenters. The Hall–Kier alpha value is -3.14. The summed E-state index contributed by atoms with van der Waals surface area (Å²) in [4.78, 5) is 25.9. The van der Waals surface area contributed by atoms with E-state index in [4.69, 9.17) is 0 Å². The second kappa shape index (κ2) is 9.38. The molecule has 0 fully saturated rings. The monoisotopic (exact) mass is 560 g/mol. The lowest BCUT2D eigenvalue weighted by Crippen LogP contribution is -2.55. The summed E-state index contributed by atoms with van der Waals surface area (Å²) in [5.41, 5.74) is -14.2. The summed E-state index contributed by atoms with van der Waals surface area (Å²) in [6, 6.07) is 5.87. The van der Waals surface area contributed by atoms with Gasteiger partial charge >= 0.3 is 42.9 Å². The van der Waals surface area contributed by atoms with Crippen LogP contribution in [0.25, 0.3) is 0 Å². The number of carbonyl (C=O) groups is 2. The molecule has 0 N–H and O–H groups in total. The number of rotatable bonds is 4. The molecule has 0 bridgehead atoms. The summed E-state index contributed by atoms with van der Waals surface area (Å²) in [6.07, 6.45) is 0. The van der Waals surface area contributed by atoms with Crippen molar-refractivity contribution >= 4 is 43.2 Å². The third-order valence-electron chi connectivity index (χ3n) is 4.76. The Labute approximate surface area is 202 Å². The van der Waals surface area contributed by atoms with Crippen LogP contribution in [0.4, 0.5) is 37.7 Å². The van der Waals surface area contributed by atoms with E-state index in [0.29, 0.717) is 11.1 Å². The van der Waals surface area contributed by atoms with Crippen molar-refractivity contribution in [2.45, 2.75) is 38.7 Å². The Bertz CT molecular complexity index is 1320. The molecule has 0 unspecified atom stereocenters. The van der Waals surface area contributed by atoms with Crippen molar-refractivity contribution in [2.75, 3.05) is 8.61 Å². The molecular formula is C20H18F6N2O6S2. The van der Waals surface area contributed by atoms with Gasteiger partial charge in [-0.05, 0) is 51.0 Å². The van der Waals surface area contributed by atoms with Gasteiger partial charge in [0, 0.05) is 0 Å². The van der Waals surface area contributed by atoms with Crippen molar-refractivity contribution in [3.8, 4) is 0 Å². The molecule has 0 saturated carbocycles. The van der Waals surface area contributed by atoms with E-state index < -0.39 is 62.9 Å². The molecule has 0 aliphatic heterocycles. The van der Waals surface area contributed by atoms with Crippen molar-refractivity contribution in [2.24, 2.45) is 0 Å². The van der Waals surface area contributed by atoms with Crippen molar-refractivity contribution < 1.29 is 52.8 Å². The number of hydrogen-bond acceptors (Lipinski definition) is 6. The van der Waals surface area contributed by atoms with E-state index >= 15 is 0 Å². The number of carbonyl (C=O) groups excluding carboxylic acids is 2. The van der Waals surface area contributed by atoms with Crippen LogP contribution in [0.5, 0.6) is 0 Å². The zero-order valence-electron chi connectivity index (χ0n) is 18.9. The highest BCUT2D eigenvalue weighted by atomic mass is 32.2. The third kappa shape index (κ3) is 5.18. The Morgan fingerprint density at radius 1 is 0.611 bits per heavy atom. The Kier molecular flexibility index (Phi) is 7.58. The van der Waals surface area contributed by atoms with Gasteiger partial charge in [-0.15, -0.1) is 0 Å². The van der Waals surface area contributed by atoms with Gasteiger partial charge in [0.2, 0.25) is 0 Å². The van der Waals surface area contributed by atoms with Crippen molar-refractivity contribution in [1.29, 1.82) is 0 Å². The number of sulfonamides is 2. The molecule has 0 aromatic heterocycles. The molecule has 0 radical (unpaired) electrons. The minimum absolute atomic E-state index is 0.277. The van der Waals surface area contributed by atoms with Gasteiger partial charge in [0.05, 0.1) is 11.4 Å². The van der Waals surface area contributed by atoms with Crippen LogP contribution in [0, 0.1) is 27.7 Å². The number of halogens is 6. The normalized spacial score (nSPS) is 12.8. The van der Waals surface area contributed by atoms with Crippen molar-refractivity contribution in [3.05, 3.63) is 58.7 Å². The summed E-state index contributed by atoms with van der Waals surface area (Å²) >= 11 is 0. The maximum Gasteiger partial charge on any atom is 0.517 e. The highest BCUT2D eigenvalue weighted by molar-refractivity contribution is 7.95. The van der Waals surface area contributed by atoms with Crippen LogP contribution < -0.4 is 8.61 Å². The topological polar surface area (TPSA) is 109 Å². The second-order valence-electron chi connectivity index (χ2n) is 7.62. The van der Waals surface area contributed by atoms with Gasteiger partial charge in [0.25, 0.3) is 0 Å². The Morgan fingerprint density at radius 2 is 0.889 bits per heavy atom. The smallest absolute Gasteiger partial charge is 0.262 e. The second-order valence-corrected chi connectivity index (χ2v) is 11.2. The summed E-state index contributed by atoms with van der Waals surface area (Å²) in [5.74, 6) is -5.40. The average Bonchev–Trinajstić information content (AvgIpc) is 2.69. The number of benzene rings is 2. The lowest BCUT2D eigenvalue weighted by molar-refractivity contribution is -0.135. The Balaban J connectivity index is 2.89. The minimum atomic E-state index is -6.72. The molecule has 16 heteroatoms. The molecule has 198 valence electrons. The molecule has 8 nitrogen and oxygen atoms in total. The molecule has 0 aliphatic rings. The Morgan fingerprint density at radius 3 is 1.11 bits per heavy atom. The highest BCUT2D eigenvalue weighted by Crippen LogP contribution is 2.36. The maximum atomic E-state index is 13.5. The van der Waals surface area contributed by atoms with E-state index in [-0.39, 0.29) is 11.1 Å². The van der Waals surface area contributed by atoms with Crippen LogP contribution in [0.15, 0.2) is 36.4 Å².